The van der Waals surface area contributed by atoms with E-state index in [0.717, 1.165) is 27.6 Å². The lowest BCUT2D eigenvalue weighted by Gasteiger charge is -2.23. The molecular weight excluding hydrogens is 412 g/mol. The zero-order valence-corrected chi connectivity index (χ0v) is 18.7. The number of hydrogen-bond donors (Lipinski definition) is 2. The molecule has 1 aliphatic heterocycles. The van der Waals surface area contributed by atoms with Crippen LogP contribution >= 0.6 is 11.6 Å². The topological polar surface area (TPSA) is 61.8 Å². The summed E-state index contributed by atoms with van der Waals surface area (Å²) in [4.78, 5) is 13.3. The smallest absolute Gasteiger partial charge is 0.411 e. The van der Waals surface area contributed by atoms with Gasteiger partial charge in [-0.15, -0.1) is 11.6 Å². The summed E-state index contributed by atoms with van der Waals surface area (Å²) in [6, 6.07) is 17.9. The van der Waals surface area contributed by atoms with Crippen molar-refractivity contribution in [2.24, 2.45) is 0 Å². The number of carbonyl (C=O) groups is 1. The minimum absolute atomic E-state index is 0.0664. The molecule has 6 heteroatoms. The maximum atomic E-state index is 11.9. The van der Waals surface area contributed by atoms with Crippen molar-refractivity contribution in [3.63, 3.8) is 0 Å². The van der Waals surface area contributed by atoms with Crippen LogP contribution in [0.5, 0.6) is 5.75 Å². The van der Waals surface area contributed by atoms with Gasteiger partial charge in [0, 0.05) is 41.0 Å². The van der Waals surface area contributed by atoms with Gasteiger partial charge in [-0.05, 0) is 55.5 Å². The molecule has 31 heavy (non-hydrogen) atoms. The molecule has 1 aliphatic rings. The second-order valence-electron chi connectivity index (χ2n) is 8.96. The van der Waals surface area contributed by atoms with Crippen molar-refractivity contribution in [3.8, 4) is 5.75 Å². The van der Waals surface area contributed by atoms with Gasteiger partial charge in [-0.3, -0.25) is 4.90 Å². The van der Waals surface area contributed by atoms with Crippen LogP contribution < -0.4 is 15.0 Å². The molecule has 0 spiro atoms. The highest BCUT2D eigenvalue weighted by Gasteiger charge is 2.34. The van der Waals surface area contributed by atoms with E-state index in [2.05, 4.69) is 32.2 Å². The Kier molecular flexibility index (Phi) is 5.71. The Bertz CT molecular complexity index is 1110. The van der Waals surface area contributed by atoms with Gasteiger partial charge in [0.1, 0.15) is 12.4 Å². The van der Waals surface area contributed by atoms with Crippen molar-refractivity contribution in [3.05, 3.63) is 65.7 Å². The van der Waals surface area contributed by atoms with Crippen molar-refractivity contribution < 1.29 is 14.6 Å². The van der Waals surface area contributed by atoms with E-state index in [-0.39, 0.29) is 11.5 Å². The predicted octanol–water partition coefficient (Wildman–Crippen LogP) is 6.45. The molecule has 4 rings (SSSR count). The summed E-state index contributed by atoms with van der Waals surface area (Å²) in [5.74, 6) is 0.956. The van der Waals surface area contributed by atoms with Gasteiger partial charge in [-0.1, -0.05) is 30.3 Å². The molecular formula is C25H27ClN2O3. The lowest BCUT2D eigenvalue weighted by atomic mass is 9.94. The van der Waals surface area contributed by atoms with E-state index >= 15 is 0 Å². The lowest BCUT2D eigenvalue weighted by Crippen LogP contribution is -2.28. The van der Waals surface area contributed by atoms with E-state index in [1.807, 2.05) is 48.5 Å². The second kappa shape index (κ2) is 8.31. The third kappa shape index (κ3) is 4.42. The first kappa shape index (κ1) is 21.3. The molecule has 3 aromatic rings. The molecule has 0 aliphatic carbocycles. The van der Waals surface area contributed by atoms with Crippen LogP contribution in [0.15, 0.2) is 54.6 Å². The van der Waals surface area contributed by atoms with Gasteiger partial charge >= 0.3 is 6.09 Å². The van der Waals surface area contributed by atoms with Crippen molar-refractivity contribution in [1.82, 2.24) is 0 Å². The van der Waals surface area contributed by atoms with Gasteiger partial charge in [0.25, 0.3) is 0 Å². The van der Waals surface area contributed by atoms with Crippen LogP contribution in [0.4, 0.5) is 16.2 Å². The quantitative estimate of drug-likeness (QED) is 0.449. The molecule has 0 saturated heterocycles. The summed E-state index contributed by atoms with van der Waals surface area (Å²) < 4.78 is 6.20. The van der Waals surface area contributed by atoms with E-state index in [1.54, 1.807) is 0 Å². The molecule has 1 heterocycles. The van der Waals surface area contributed by atoms with Crippen molar-refractivity contribution in [2.75, 3.05) is 22.6 Å². The molecule has 1 amide bonds. The number of anilines is 2. The third-order valence-corrected chi connectivity index (χ3v) is 5.77. The van der Waals surface area contributed by atoms with Crippen LogP contribution in [-0.2, 0) is 6.61 Å². The number of rotatable bonds is 5. The summed E-state index contributed by atoms with van der Waals surface area (Å²) in [5, 5.41) is 15.2. The molecule has 0 bridgehead atoms. The highest BCUT2D eigenvalue weighted by molar-refractivity contribution is 6.19. The first-order valence-corrected chi connectivity index (χ1v) is 10.9. The Labute approximate surface area is 187 Å². The van der Waals surface area contributed by atoms with Crippen LogP contribution in [0.2, 0.25) is 0 Å². The van der Waals surface area contributed by atoms with Gasteiger partial charge in [0.05, 0.1) is 5.69 Å². The summed E-state index contributed by atoms with van der Waals surface area (Å²) in [6.07, 6.45) is -0.980. The zero-order chi connectivity index (χ0) is 22.2. The fraction of sp³-hybridized carbons (Fsp3) is 0.320. The minimum Gasteiger partial charge on any atom is -0.488 e. The van der Waals surface area contributed by atoms with E-state index in [0.29, 0.717) is 30.5 Å². The fourth-order valence-electron chi connectivity index (χ4n) is 4.13. The number of nitrogens with one attached hydrogen (secondary N) is 1. The number of amides is 1. The predicted molar refractivity (Wildman–Crippen MR) is 127 cm³/mol. The van der Waals surface area contributed by atoms with Gasteiger partial charge in [0.15, 0.2) is 0 Å². The minimum atomic E-state index is -0.980. The molecule has 3 aromatic carbocycles. The van der Waals surface area contributed by atoms with E-state index in [1.165, 1.54) is 4.90 Å². The van der Waals surface area contributed by atoms with Crippen molar-refractivity contribution >= 4 is 39.8 Å². The second-order valence-corrected chi connectivity index (χ2v) is 9.27. The lowest BCUT2D eigenvalue weighted by molar-refractivity contribution is 0.202. The maximum absolute atomic E-state index is 11.9. The Morgan fingerprint density at radius 1 is 1.16 bits per heavy atom. The average molecular weight is 439 g/mol. The number of nitrogens with zero attached hydrogens (tertiary/aromatic N) is 1. The number of fused-ring (bicyclic) bond motifs is 3. The van der Waals surface area contributed by atoms with Gasteiger partial charge in [0.2, 0.25) is 0 Å². The molecule has 0 fully saturated rings. The van der Waals surface area contributed by atoms with E-state index in [4.69, 9.17) is 16.3 Å². The Balaban J connectivity index is 1.85. The van der Waals surface area contributed by atoms with Gasteiger partial charge in [-0.25, -0.2) is 4.79 Å². The molecule has 1 atom stereocenters. The highest BCUT2D eigenvalue weighted by Crippen LogP contribution is 2.46. The molecule has 0 unspecified atom stereocenters. The molecule has 2 N–H and O–H groups in total. The first-order chi connectivity index (χ1) is 14.8. The van der Waals surface area contributed by atoms with Crippen LogP contribution in [0.1, 0.15) is 37.8 Å². The third-order valence-electron chi connectivity index (χ3n) is 5.39. The number of carboxylic acid groups (broad SMARTS) is 1. The summed E-state index contributed by atoms with van der Waals surface area (Å²) in [6.45, 7) is 7.07. The Hall–Kier alpha value is -2.92. The Morgan fingerprint density at radius 2 is 1.90 bits per heavy atom. The van der Waals surface area contributed by atoms with Gasteiger partial charge < -0.3 is 15.2 Å². The first-order valence-electron chi connectivity index (χ1n) is 10.4. The van der Waals surface area contributed by atoms with E-state index in [9.17, 15) is 9.90 Å². The average Bonchev–Trinajstić information content (AvgIpc) is 3.10. The number of ether oxygens (including phenoxy) is 1. The summed E-state index contributed by atoms with van der Waals surface area (Å²) >= 11 is 6.27. The molecule has 162 valence electrons. The molecule has 5 nitrogen and oxygen atoms in total. The number of halogens is 1. The van der Waals surface area contributed by atoms with Crippen molar-refractivity contribution in [1.29, 1.82) is 0 Å². The largest absolute Gasteiger partial charge is 0.488 e. The standard InChI is InChI=1S/C25H27ClN2O3/c1-25(2,3)27-18-9-10-19-20(11-18)23-17(13-26)14-28(24(29)30)21(23)12-22(19)31-15-16-7-5-4-6-8-16/h4-12,17,27H,13-15H2,1-3H3,(H,29,30)/t17-/m0/s1. The number of alkyl halides is 1. The SMILES string of the molecule is CC(C)(C)Nc1ccc2c(OCc3ccccc3)cc3c(c2c1)[C@@H](CCl)CN3C(=O)O. The summed E-state index contributed by atoms with van der Waals surface area (Å²) in [7, 11) is 0. The van der Waals surface area contributed by atoms with Crippen LogP contribution in [0.3, 0.4) is 0 Å². The summed E-state index contributed by atoms with van der Waals surface area (Å²) in [5.41, 5.74) is 3.55. The normalized spacial score (nSPS) is 15.7. The maximum Gasteiger partial charge on any atom is 0.411 e. The Morgan fingerprint density at radius 3 is 2.55 bits per heavy atom. The highest BCUT2D eigenvalue weighted by atomic mass is 35.5. The number of benzene rings is 3. The van der Waals surface area contributed by atoms with Gasteiger partial charge in [-0.2, -0.15) is 0 Å². The molecule has 0 aromatic heterocycles. The monoisotopic (exact) mass is 438 g/mol. The van der Waals surface area contributed by atoms with Crippen LogP contribution in [0, 0.1) is 0 Å². The van der Waals surface area contributed by atoms with Crippen LogP contribution in [-0.4, -0.2) is 29.2 Å². The zero-order valence-electron chi connectivity index (χ0n) is 18.0. The molecule has 0 saturated carbocycles. The number of hydrogen-bond acceptors (Lipinski definition) is 3. The van der Waals surface area contributed by atoms with E-state index < -0.39 is 6.09 Å². The van der Waals surface area contributed by atoms with Crippen molar-refractivity contribution in [2.45, 2.75) is 38.8 Å². The van der Waals surface area contributed by atoms with Crippen LogP contribution in [0.25, 0.3) is 10.8 Å². The molecule has 0 radical (unpaired) electrons. The fourth-order valence-corrected chi connectivity index (χ4v) is 4.39.